The third kappa shape index (κ3) is 7.77. The predicted molar refractivity (Wildman–Crippen MR) is 124 cm³/mol. The summed E-state index contributed by atoms with van der Waals surface area (Å²) < 4.78 is 0. The first-order valence-electron chi connectivity index (χ1n) is 11.7. The third-order valence-electron chi connectivity index (χ3n) is 6.29. The molecule has 2 heterocycles. The minimum absolute atomic E-state index is 0.00741. The number of imidazole rings is 1. The Morgan fingerprint density at radius 1 is 1.26 bits per heavy atom. The minimum atomic E-state index is -1.23. The molecule has 4 amide bonds. The second kappa shape index (κ2) is 12.8. The van der Waals surface area contributed by atoms with E-state index >= 15 is 0 Å². The van der Waals surface area contributed by atoms with Crippen LogP contribution in [-0.2, 0) is 30.4 Å². The average molecular weight is 494 g/mol. The van der Waals surface area contributed by atoms with Crippen LogP contribution in [0.5, 0.6) is 0 Å². The van der Waals surface area contributed by atoms with Crippen LogP contribution in [0, 0.1) is 5.92 Å². The Kier molecular flexibility index (Phi) is 10.2. The summed E-state index contributed by atoms with van der Waals surface area (Å²) in [6.07, 6.45) is 4.17. The maximum atomic E-state index is 13.4. The van der Waals surface area contributed by atoms with E-state index in [-0.39, 0.29) is 31.7 Å². The number of carboxylic acids is 1. The van der Waals surface area contributed by atoms with Gasteiger partial charge >= 0.3 is 5.97 Å². The Hall–Kier alpha value is -3.48. The molecule has 2 rings (SSSR count). The number of nitrogens with zero attached hydrogens (tertiary/aromatic N) is 2. The van der Waals surface area contributed by atoms with E-state index in [0.29, 0.717) is 25.0 Å². The zero-order chi connectivity index (χ0) is 26.1. The lowest BCUT2D eigenvalue weighted by molar-refractivity contribution is -0.145. The van der Waals surface area contributed by atoms with E-state index in [1.165, 1.54) is 17.4 Å². The maximum Gasteiger partial charge on any atom is 0.326 e. The average Bonchev–Trinajstić information content (AvgIpc) is 3.51. The SMILES string of the molecule is CCC(C)C(N)C(=O)NC(CCC(N)=O)C(=O)N1CCCC1C(=O)NC(Cc1cnc[nH]1)C(=O)O. The van der Waals surface area contributed by atoms with Crippen LogP contribution in [0.1, 0.15) is 51.6 Å². The number of carboxylic acid groups (broad SMARTS) is 1. The molecule has 1 aliphatic heterocycles. The van der Waals surface area contributed by atoms with Crippen LogP contribution in [0.3, 0.4) is 0 Å². The molecule has 194 valence electrons. The van der Waals surface area contributed by atoms with Gasteiger partial charge in [-0.1, -0.05) is 20.3 Å². The molecule has 1 fully saturated rings. The van der Waals surface area contributed by atoms with Gasteiger partial charge in [-0.15, -0.1) is 0 Å². The Morgan fingerprint density at radius 2 is 1.97 bits per heavy atom. The lowest BCUT2D eigenvalue weighted by Gasteiger charge is -2.30. The van der Waals surface area contributed by atoms with E-state index in [9.17, 15) is 29.1 Å². The monoisotopic (exact) mass is 493 g/mol. The van der Waals surface area contributed by atoms with Crippen molar-refractivity contribution in [2.24, 2.45) is 17.4 Å². The normalized spacial score (nSPS) is 18.8. The molecular weight excluding hydrogens is 458 g/mol. The summed E-state index contributed by atoms with van der Waals surface area (Å²) in [5, 5.41) is 14.6. The summed E-state index contributed by atoms with van der Waals surface area (Å²) in [5.41, 5.74) is 11.8. The molecule has 13 heteroatoms. The number of aliphatic carboxylic acids is 1. The van der Waals surface area contributed by atoms with Gasteiger partial charge in [0.2, 0.25) is 23.6 Å². The number of nitrogens with two attached hydrogens (primary N) is 2. The zero-order valence-electron chi connectivity index (χ0n) is 20.0. The number of aromatic nitrogens is 2. The lowest BCUT2D eigenvalue weighted by Crippen LogP contribution is -2.57. The highest BCUT2D eigenvalue weighted by Gasteiger charge is 2.39. The number of aromatic amines is 1. The zero-order valence-corrected chi connectivity index (χ0v) is 20.0. The molecule has 5 unspecified atom stereocenters. The molecule has 0 aromatic carbocycles. The van der Waals surface area contributed by atoms with E-state index < -0.39 is 53.8 Å². The number of likely N-dealkylation sites (tertiary alicyclic amines) is 1. The highest BCUT2D eigenvalue weighted by atomic mass is 16.4. The molecular formula is C22H35N7O6. The van der Waals surface area contributed by atoms with E-state index in [1.807, 2.05) is 13.8 Å². The van der Waals surface area contributed by atoms with Crippen molar-refractivity contribution in [3.05, 3.63) is 18.2 Å². The predicted octanol–water partition coefficient (Wildman–Crippen LogP) is -1.36. The van der Waals surface area contributed by atoms with E-state index in [1.54, 1.807) is 0 Å². The number of nitrogens with one attached hydrogen (secondary N) is 3. The molecule has 1 aromatic rings. The number of hydrogen-bond acceptors (Lipinski definition) is 7. The van der Waals surface area contributed by atoms with Crippen molar-refractivity contribution >= 4 is 29.6 Å². The van der Waals surface area contributed by atoms with Gasteiger partial charge in [0.25, 0.3) is 0 Å². The van der Waals surface area contributed by atoms with Gasteiger partial charge in [0, 0.05) is 31.3 Å². The van der Waals surface area contributed by atoms with Crippen LogP contribution in [-0.4, -0.2) is 80.3 Å². The smallest absolute Gasteiger partial charge is 0.326 e. The second-order valence-electron chi connectivity index (χ2n) is 8.85. The minimum Gasteiger partial charge on any atom is -0.480 e. The molecule has 1 aromatic heterocycles. The van der Waals surface area contributed by atoms with Crippen molar-refractivity contribution < 1.29 is 29.1 Å². The van der Waals surface area contributed by atoms with Crippen LogP contribution in [0.4, 0.5) is 0 Å². The Bertz CT molecular complexity index is 906. The highest BCUT2D eigenvalue weighted by Crippen LogP contribution is 2.20. The molecule has 35 heavy (non-hydrogen) atoms. The molecule has 8 N–H and O–H groups in total. The second-order valence-corrected chi connectivity index (χ2v) is 8.85. The number of carbonyl (C=O) groups excluding carboxylic acids is 4. The molecule has 1 aliphatic rings. The van der Waals surface area contributed by atoms with E-state index in [2.05, 4.69) is 20.6 Å². The summed E-state index contributed by atoms with van der Waals surface area (Å²) in [7, 11) is 0. The van der Waals surface area contributed by atoms with Gasteiger partial charge in [0.15, 0.2) is 0 Å². The van der Waals surface area contributed by atoms with Crippen molar-refractivity contribution in [2.75, 3.05) is 6.54 Å². The summed E-state index contributed by atoms with van der Waals surface area (Å²) in [6, 6.07) is -4.08. The number of amides is 4. The summed E-state index contributed by atoms with van der Waals surface area (Å²) >= 11 is 0. The van der Waals surface area contributed by atoms with Crippen LogP contribution in [0.15, 0.2) is 12.5 Å². The molecule has 5 atom stereocenters. The van der Waals surface area contributed by atoms with E-state index in [4.69, 9.17) is 11.5 Å². The summed E-state index contributed by atoms with van der Waals surface area (Å²) in [4.78, 5) is 69.9. The number of primary amides is 1. The van der Waals surface area contributed by atoms with Gasteiger partial charge < -0.3 is 37.1 Å². The van der Waals surface area contributed by atoms with Gasteiger partial charge in [-0.25, -0.2) is 9.78 Å². The van der Waals surface area contributed by atoms with Gasteiger partial charge in [-0.2, -0.15) is 0 Å². The van der Waals surface area contributed by atoms with Crippen LogP contribution >= 0.6 is 0 Å². The molecule has 0 radical (unpaired) electrons. The molecule has 0 saturated carbocycles. The third-order valence-corrected chi connectivity index (χ3v) is 6.29. The van der Waals surface area contributed by atoms with Gasteiger partial charge in [0.05, 0.1) is 12.4 Å². The fraction of sp³-hybridized carbons (Fsp3) is 0.636. The number of rotatable bonds is 13. The number of H-pyrrole nitrogens is 1. The van der Waals surface area contributed by atoms with Crippen molar-refractivity contribution in [3.63, 3.8) is 0 Å². The van der Waals surface area contributed by atoms with Gasteiger partial charge in [0.1, 0.15) is 18.1 Å². The first-order chi connectivity index (χ1) is 16.5. The molecule has 0 spiro atoms. The van der Waals surface area contributed by atoms with Crippen LogP contribution in [0.25, 0.3) is 0 Å². The maximum absolute atomic E-state index is 13.4. The Balaban J connectivity index is 2.13. The van der Waals surface area contributed by atoms with Crippen molar-refractivity contribution in [1.82, 2.24) is 25.5 Å². The van der Waals surface area contributed by atoms with Crippen LogP contribution < -0.4 is 22.1 Å². The van der Waals surface area contributed by atoms with Crippen molar-refractivity contribution in [2.45, 2.75) is 76.5 Å². The van der Waals surface area contributed by atoms with Crippen molar-refractivity contribution in [3.8, 4) is 0 Å². The standard InChI is InChI=1S/C22H35N7O6/c1-3-12(2)18(24)20(32)27-14(6-7-17(23)30)21(33)29-8-4-5-16(29)19(31)28-15(22(34)35)9-13-10-25-11-26-13/h10-12,14-16,18H,3-9,24H2,1-2H3,(H2,23,30)(H,25,26)(H,27,32)(H,28,31)(H,34,35). The fourth-order valence-electron chi connectivity index (χ4n) is 3.91. The first-order valence-corrected chi connectivity index (χ1v) is 11.7. The van der Waals surface area contributed by atoms with Gasteiger partial charge in [-0.05, 0) is 25.2 Å². The molecule has 13 nitrogen and oxygen atoms in total. The Morgan fingerprint density at radius 3 is 2.54 bits per heavy atom. The topological polar surface area (TPSA) is 214 Å². The summed E-state index contributed by atoms with van der Waals surface area (Å²) in [6.45, 7) is 3.95. The molecule has 0 bridgehead atoms. The largest absolute Gasteiger partial charge is 0.480 e. The Labute approximate surface area is 203 Å². The summed E-state index contributed by atoms with van der Waals surface area (Å²) in [5.74, 6) is -3.69. The van der Waals surface area contributed by atoms with Crippen LogP contribution in [0.2, 0.25) is 0 Å². The molecule has 0 aliphatic carbocycles. The number of carbonyl (C=O) groups is 5. The number of hydrogen-bond donors (Lipinski definition) is 6. The fourth-order valence-corrected chi connectivity index (χ4v) is 3.91. The quantitative estimate of drug-likeness (QED) is 0.192. The molecule has 1 saturated heterocycles. The van der Waals surface area contributed by atoms with E-state index in [0.717, 1.165) is 0 Å². The lowest BCUT2D eigenvalue weighted by atomic mass is 9.98. The van der Waals surface area contributed by atoms with Gasteiger partial charge in [-0.3, -0.25) is 19.2 Å². The first kappa shape index (κ1) is 27.8. The highest BCUT2D eigenvalue weighted by molar-refractivity contribution is 5.94. The van der Waals surface area contributed by atoms with Crippen molar-refractivity contribution in [1.29, 1.82) is 0 Å².